The molecule has 8 nitrogen and oxygen atoms in total. The number of anilines is 3. The number of H-pyrrole nitrogens is 1. The van der Waals surface area contributed by atoms with Gasteiger partial charge in [0.15, 0.2) is 17.5 Å². The van der Waals surface area contributed by atoms with Crippen LogP contribution in [0.4, 0.5) is 26.2 Å². The highest BCUT2D eigenvalue weighted by Gasteiger charge is 2.26. The van der Waals surface area contributed by atoms with Gasteiger partial charge in [-0.1, -0.05) is 12.1 Å². The van der Waals surface area contributed by atoms with Crippen LogP contribution in [0.2, 0.25) is 0 Å². The molecule has 0 amide bonds. The van der Waals surface area contributed by atoms with E-state index in [4.69, 9.17) is 0 Å². The maximum absolute atomic E-state index is 14.8. The summed E-state index contributed by atoms with van der Waals surface area (Å²) < 4.78 is 53.5. The van der Waals surface area contributed by atoms with Gasteiger partial charge in [-0.2, -0.15) is 5.10 Å². The summed E-state index contributed by atoms with van der Waals surface area (Å²) in [5.41, 5.74) is 2.11. The summed E-state index contributed by atoms with van der Waals surface area (Å²) in [6, 6.07) is 8.71. The Hall–Kier alpha value is -3.05. The van der Waals surface area contributed by atoms with Crippen LogP contribution in [-0.4, -0.2) is 29.9 Å². The van der Waals surface area contributed by atoms with Crippen LogP contribution in [0.25, 0.3) is 0 Å². The van der Waals surface area contributed by atoms with Crippen LogP contribution in [0.15, 0.2) is 36.4 Å². The predicted octanol–water partition coefficient (Wildman–Crippen LogP) is 3.93. The second kappa shape index (κ2) is 8.83. The van der Waals surface area contributed by atoms with E-state index in [1.165, 1.54) is 18.2 Å². The number of benzene rings is 1. The van der Waals surface area contributed by atoms with Crippen LogP contribution in [0.5, 0.6) is 0 Å². The zero-order valence-electron chi connectivity index (χ0n) is 17.6. The number of rotatable bonds is 9. The minimum Gasteiger partial charge on any atom is -0.363 e. The Morgan fingerprint density at radius 3 is 2.53 bits per heavy atom. The van der Waals surface area contributed by atoms with E-state index in [-0.39, 0.29) is 24.2 Å². The fourth-order valence-electron chi connectivity index (χ4n) is 3.25. The molecule has 1 aromatic carbocycles. The minimum atomic E-state index is -3.49. The molecule has 1 fully saturated rings. The molecule has 2 aromatic heterocycles. The number of halogens is 2. The lowest BCUT2D eigenvalue weighted by molar-refractivity contribution is 0.586. The van der Waals surface area contributed by atoms with Crippen LogP contribution < -0.4 is 15.4 Å². The lowest BCUT2D eigenvalue weighted by atomic mass is 10.1. The molecule has 1 saturated carbocycles. The van der Waals surface area contributed by atoms with Gasteiger partial charge in [0.2, 0.25) is 10.0 Å². The maximum atomic E-state index is 14.8. The smallest absolute Gasteiger partial charge is 0.209 e. The van der Waals surface area contributed by atoms with Crippen LogP contribution in [0.3, 0.4) is 0 Å². The zero-order chi connectivity index (χ0) is 22.9. The first-order chi connectivity index (χ1) is 15.2. The quantitative estimate of drug-likeness (QED) is 0.383. The molecular formula is C21H24F2N6O2S. The summed E-state index contributed by atoms with van der Waals surface area (Å²) in [6.45, 7) is 1.70. The molecule has 170 valence electrons. The highest BCUT2D eigenvalue weighted by atomic mass is 32.2. The van der Waals surface area contributed by atoms with E-state index in [1.807, 2.05) is 13.0 Å². The molecule has 0 saturated heterocycles. The van der Waals surface area contributed by atoms with Gasteiger partial charge < -0.3 is 10.6 Å². The SMILES string of the molecule is CC(Nc1nc(Nc2cc(C3CC3)[nH]n2)c(F)cc1CNS(C)(=O)=O)c1ccc(F)cc1. The van der Waals surface area contributed by atoms with Crippen molar-refractivity contribution in [1.29, 1.82) is 0 Å². The van der Waals surface area contributed by atoms with Crippen molar-refractivity contribution in [3.63, 3.8) is 0 Å². The Kier molecular flexibility index (Phi) is 6.11. The Labute approximate surface area is 184 Å². The van der Waals surface area contributed by atoms with Crippen molar-refractivity contribution < 1.29 is 17.2 Å². The summed E-state index contributed by atoms with van der Waals surface area (Å²) in [5, 5.41) is 13.1. The second-order valence-electron chi connectivity index (χ2n) is 7.95. The largest absolute Gasteiger partial charge is 0.363 e. The molecule has 4 rings (SSSR count). The number of pyridine rings is 1. The molecule has 1 aliphatic carbocycles. The Morgan fingerprint density at radius 1 is 1.16 bits per heavy atom. The lowest BCUT2D eigenvalue weighted by Gasteiger charge is -2.19. The molecule has 0 radical (unpaired) electrons. The van der Waals surface area contributed by atoms with Crippen LogP contribution >= 0.6 is 0 Å². The first-order valence-electron chi connectivity index (χ1n) is 10.2. The third kappa shape index (κ3) is 5.60. The van der Waals surface area contributed by atoms with E-state index in [0.29, 0.717) is 23.1 Å². The molecular weight excluding hydrogens is 438 g/mol. The standard InChI is InChI=1S/C21H24F2N6O2S/c1-12(13-5-7-16(22)8-6-13)25-20-15(11-24-32(2,30)31)9-17(23)21(27-20)26-19-10-18(28-29-19)14-3-4-14/h5-10,12,14,24H,3-4,11H2,1-2H3,(H3,25,26,27,28,29). The van der Waals surface area contributed by atoms with E-state index in [0.717, 1.165) is 30.4 Å². The molecule has 0 spiro atoms. The lowest BCUT2D eigenvalue weighted by Crippen LogP contribution is -2.23. The maximum Gasteiger partial charge on any atom is 0.209 e. The van der Waals surface area contributed by atoms with Gasteiger partial charge in [-0.05, 0) is 43.5 Å². The summed E-state index contributed by atoms with van der Waals surface area (Å²) in [7, 11) is -3.49. The first kappa shape index (κ1) is 22.2. The number of aromatic amines is 1. The predicted molar refractivity (Wildman–Crippen MR) is 118 cm³/mol. The highest BCUT2D eigenvalue weighted by molar-refractivity contribution is 7.88. The molecule has 0 aliphatic heterocycles. The van der Waals surface area contributed by atoms with Gasteiger partial charge >= 0.3 is 0 Å². The number of hydrogen-bond acceptors (Lipinski definition) is 6. The Bertz CT molecular complexity index is 1210. The average molecular weight is 463 g/mol. The normalized spacial score (nSPS) is 14.9. The second-order valence-corrected chi connectivity index (χ2v) is 9.78. The third-order valence-corrected chi connectivity index (χ3v) is 5.83. The van der Waals surface area contributed by atoms with Gasteiger partial charge in [0, 0.05) is 35.8 Å². The molecule has 2 heterocycles. The van der Waals surface area contributed by atoms with Crippen molar-refractivity contribution in [1.82, 2.24) is 19.9 Å². The molecule has 1 unspecified atom stereocenters. The van der Waals surface area contributed by atoms with Crippen molar-refractivity contribution in [3.05, 3.63) is 64.9 Å². The van der Waals surface area contributed by atoms with Crippen molar-refractivity contribution in [2.45, 2.75) is 38.3 Å². The van der Waals surface area contributed by atoms with Crippen molar-refractivity contribution >= 4 is 27.5 Å². The van der Waals surface area contributed by atoms with Gasteiger partial charge in [-0.15, -0.1) is 0 Å². The zero-order valence-corrected chi connectivity index (χ0v) is 18.4. The van der Waals surface area contributed by atoms with E-state index in [9.17, 15) is 17.2 Å². The number of nitrogens with zero attached hydrogens (tertiary/aromatic N) is 2. The minimum absolute atomic E-state index is 0.0456. The summed E-state index contributed by atoms with van der Waals surface area (Å²) in [5.74, 6) is 0.156. The van der Waals surface area contributed by atoms with Gasteiger partial charge in [-0.3, -0.25) is 5.10 Å². The number of nitrogens with one attached hydrogen (secondary N) is 4. The fraction of sp³-hybridized carbons (Fsp3) is 0.333. The molecule has 3 aromatic rings. The molecule has 1 aliphatic rings. The Morgan fingerprint density at radius 2 is 1.88 bits per heavy atom. The van der Waals surface area contributed by atoms with Crippen LogP contribution in [0, 0.1) is 11.6 Å². The summed E-state index contributed by atoms with van der Waals surface area (Å²) in [4.78, 5) is 4.36. The van der Waals surface area contributed by atoms with Crippen LogP contribution in [-0.2, 0) is 16.6 Å². The molecule has 32 heavy (non-hydrogen) atoms. The molecule has 1 atom stereocenters. The number of sulfonamides is 1. The molecule has 11 heteroatoms. The first-order valence-corrected chi connectivity index (χ1v) is 12.1. The third-order valence-electron chi connectivity index (χ3n) is 5.16. The van der Waals surface area contributed by atoms with E-state index in [2.05, 4.69) is 30.5 Å². The summed E-state index contributed by atoms with van der Waals surface area (Å²) in [6.07, 6.45) is 3.23. The van der Waals surface area contributed by atoms with Gasteiger partial charge in [0.05, 0.1) is 6.26 Å². The average Bonchev–Trinajstić information content (AvgIpc) is 3.48. The van der Waals surface area contributed by atoms with Crippen LogP contribution in [0.1, 0.15) is 48.5 Å². The van der Waals surface area contributed by atoms with Crippen molar-refractivity contribution in [2.24, 2.45) is 0 Å². The number of hydrogen-bond donors (Lipinski definition) is 4. The van der Waals surface area contributed by atoms with E-state index < -0.39 is 15.8 Å². The monoisotopic (exact) mass is 462 g/mol. The van der Waals surface area contributed by atoms with E-state index >= 15 is 0 Å². The molecule has 4 N–H and O–H groups in total. The van der Waals surface area contributed by atoms with E-state index in [1.54, 1.807) is 12.1 Å². The van der Waals surface area contributed by atoms with Crippen molar-refractivity contribution in [2.75, 3.05) is 16.9 Å². The molecule has 0 bridgehead atoms. The van der Waals surface area contributed by atoms with Crippen molar-refractivity contribution in [3.8, 4) is 0 Å². The fourth-order valence-corrected chi connectivity index (χ4v) is 3.67. The topological polar surface area (TPSA) is 112 Å². The highest BCUT2D eigenvalue weighted by Crippen LogP contribution is 2.39. The van der Waals surface area contributed by atoms with Gasteiger partial charge in [0.25, 0.3) is 0 Å². The van der Waals surface area contributed by atoms with Gasteiger partial charge in [0.1, 0.15) is 11.6 Å². The Balaban J connectivity index is 1.61. The van der Waals surface area contributed by atoms with Gasteiger partial charge in [-0.25, -0.2) is 26.9 Å². The summed E-state index contributed by atoms with van der Waals surface area (Å²) >= 11 is 0. The number of aromatic nitrogens is 3.